The standard InChI is InChI=1S/C9H13N3O3/c1-5-7(12-6(2)9(13)14)10-4-11-8(5)15-3/h4,6H,1-3H3,(H,13,14)(H,10,11,12). The van der Waals surface area contributed by atoms with Gasteiger partial charge in [0.25, 0.3) is 0 Å². The SMILES string of the molecule is COc1ncnc(NC(C)C(=O)O)c1C. The molecular weight excluding hydrogens is 198 g/mol. The number of hydrogen-bond acceptors (Lipinski definition) is 5. The Morgan fingerprint density at radius 2 is 2.27 bits per heavy atom. The third-order valence-corrected chi connectivity index (χ3v) is 1.95. The molecule has 0 saturated carbocycles. The monoisotopic (exact) mass is 211 g/mol. The fourth-order valence-electron chi connectivity index (χ4n) is 1.05. The summed E-state index contributed by atoms with van der Waals surface area (Å²) in [6.07, 6.45) is 1.32. The highest BCUT2D eigenvalue weighted by Gasteiger charge is 2.14. The molecule has 0 radical (unpaired) electrons. The molecule has 0 aliphatic rings. The number of carboxylic acid groups (broad SMARTS) is 1. The van der Waals surface area contributed by atoms with E-state index in [4.69, 9.17) is 9.84 Å². The van der Waals surface area contributed by atoms with E-state index in [2.05, 4.69) is 15.3 Å². The van der Waals surface area contributed by atoms with E-state index in [0.29, 0.717) is 17.3 Å². The Kier molecular flexibility index (Phi) is 3.43. The maximum atomic E-state index is 10.6. The van der Waals surface area contributed by atoms with E-state index in [0.717, 1.165) is 0 Å². The van der Waals surface area contributed by atoms with Crippen LogP contribution in [0.3, 0.4) is 0 Å². The van der Waals surface area contributed by atoms with Crippen LogP contribution in [0, 0.1) is 6.92 Å². The summed E-state index contributed by atoms with van der Waals surface area (Å²) in [5, 5.41) is 11.5. The quantitative estimate of drug-likeness (QED) is 0.761. The zero-order chi connectivity index (χ0) is 11.4. The van der Waals surface area contributed by atoms with Gasteiger partial charge in [-0.25, -0.2) is 9.97 Å². The molecule has 0 bridgehead atoms. The average Bonchev–Trinajstić information content (AvgIpc) is 2.21. The van der Waals surface area contributed by atoms with Gasteiger partial charge >= 0.3 is 5.97 Å². The van der Waals surface area contributed by atoms with Crippen LogP contribution in [0.2, 0.25) is 0 Å². The number of methoxy groups -OCH3 is 1. The first-order valence-corrected chi connectivity index (χ1v) is 4.41. The lowest BCUT2D eigenvalue weighted by molar-refractivity contribution is -0.137. The Balaban J connectivity index is 2.90. The van der Waals surface area contributed by atoms with Crippen LogP contribution >= 0.6 is 0 Å². The number of aromatic nitrogens is 2. The molecule has 0 amide bonds. The normalized spacial score (nSPS) is 11.9. The highest BCUT2D eigenvalue weighted by atomic mass is 16.5. The molecule has 1 heterocycles. The first-order chi connectivity index (χ1) is 7.06. The molecule has 0 fully saturated rings. The maximum absolute atomic E-state index is 10.6. The van der Waals surface area contributed by atoms with Crippen LogP contribution < -0.4 is 10.1 Å². The third-order valence-electron chi connectivity index (χ3n) is 1.95. The molecule has 1 atom stereocenters. The summed E-state index contributed by atoms with van der Waals surface area (Å²) in [7, 11) is 1.50. The molecule has 0 aliphatic carbocycles. The van der Waals surface area contributed by atoms with E-state index in [1.165, 1.54) is 20.4 Å². The number of rotatable bonds is 4. The molecule has 1 rings (SSSR count). The minimum Gasteiger partial charge on any atom is -0.481 e. The van der Waals surface area contributed by atoms with Gasteiger partial charge in [-0.2, -0.15) is 0 Å². The fourth-order valence-corrected chi connectivity index (χ4v) is 1.05. The Morgan fingerprint density at radius 3 is 2.80 bits per heavy atom. The number of nitrogens with zero attached hydrogens (tertiary/aromatic N) is 2. The van der Waals surface area contributed by atoms with Crippen molar-refractivity contribution in [1.82, 2.24) is 9.97 Å². The van der Waals surface area contributed by atoms with Gasteiger partial charge in [-0.15, -0.1) is 0 Å². The predicted octanol–water partition coefficient (Wildman–Crippen LogP) is 0.679. The maximum Gasteiger partial charge on any atom is 0.325 e. The largest absolute Gasteiger partial charge is 0.481 e. The van der Waals surface area contributed by atoms with Crippen LogP contribution in [0.25, 0.3) is 0 Å². The van der Waals surface area contributed by atoms with E-state index < -0.39 is 12.0 Å². The topological polar surface area (TPSA) is 84.3 Å². The van der Waals surface area contributed by atoms with Gasteiger partial charge in [0, 0.05) is 0 Å². The molecule has 0 aromatic carbocycles. The predicted molar refractivity (Wildman–Crippen MR) is 54.0 cm³/mol. The second-order valence-electron chi connectivity index (χ2n) is 3.06. The van der Waals surface area contributed by atoms with E-state index in [-0.39, 0.29) is 0 Å². The molecule has 1 aromatic heterocycles. The smallest absolute Gasteiger partial charge is 0.325 e. The molecule has 0 aliphatic heterocycles. The summed E-state index contributed by atoms with van der Waals surface area (Å²) in [6.45, 7) is 3.30. The number of aliphatic carboxylic acids is 1. The zero-order valence-electron chi connectivity index (χ0n) is 8.81. The molecule has 6 nitrogen and oxygen atoms in total. The molecule has 1 unspecified atom stereocenters. The summed E-state index contributed by atoms with van der Waals surface area (Å²) in [6, 6.07) is -0.705. The summed E-state index contributed by atoms with van der Waals surface area (Å²) in [5.41, 5.74) is 0.688. The van der Waals surface area contributed by atoms with Gasteiger partial charge < -0.3 is 15.2 Å². The van der Waals surface area contributed by atoms with Crippen molar-refractivity contribution in [2.45, 2.75) is 19.9 Å². The Hall–Kier alpha value is -1.85. The zero-order valence-corrected chi connectivity index (χ0v) is 8.81. The van der Waals surface area contributed by atoms with Crippen molar-refractivity contribution in [1.29, 1.82) is 0 Å². The molecule has 0 spiro atoms. The van der Waals surface area contributed by atoms with Crippen molar-refractivity contribution in [2.24, 2.45) is 0 Å². The van der Waals surface area contributed by atoms with E-state index in [9.17, 15) is 4.79 Å². The first kappa shape index (κ1) is 11.2. The Bertz CT molecular complexity index is 368. The molecule has 6 heteroatoms. The van der Waals surface area contributed by atoms with Crippen LogP contribution in [0.1, 0.15) is 12.5 Å². The van der Waals surface area contributed by atoms with Gasteiger partial charge in [-0.1, -0.05) is 0 Å². The van der Waals surface area contributed by atoms with Crippen molar-refractivity contribution in [3.05, 3.63) is 11.9 Å². The highest BCUT2D eigenvalue weighted by Crippen LogP contribution is 2.20. The third kappa shape index (κ3) is 2.55. The number of hydrogen-bond donors (Lipinski definition) is 2. The van der Waals surface area contributed by atoms with Gasteiger partial charge in [0.05, 0.1) is 12.7 Å². The van der Waals surface area contributed by atoms with Gasteiger partial charge in [0.2, 0.25) is 5.88 Å². The van der Waals surface area contributed by atoms with Crippen molar-refractivity contribution in [3.8, 4) is 5.88 Å². The van der Waals surface area contributed by atoms with Gasteiger partial charge in [0.1, 0.15) is 18.2 Å². The van der Waals surface area contributed by atoms with Crippen LogP contribution in [-0.4, -0.2) is 34.2 Å². The minimum absolute atomic E-state index is 0.435. The number of carboxylic acids is 1. The van der Waals surface area contributed by atoms with Crippen molar-refractivity contribution >= 4 is 11.8 Å². The molecule has 0 saturated heterocycles. The van der Waals surface area contributed by atoms with Gasteiger partial charge in [-0.3, -0.25) is 4.79 Å². The number of anilines is 1. The van der Waals surface area contributed by atoms with E-state index >= 15 is 0 Å². The van der Waals surface area contributed by atoms with Crippen molar-refractivity contribution in [3.63, 3.8) is 0 Å². The molecular formula is C9H13N3O3. The molecule has 1 aromatic rings. The van der Waals surface area contributed by atoms with Crippen LogP contribution in [0.15, 0.2) is 6.33 Å². The molecule has 82 valence electrons. The molecule has 15 heavy (non-hydrogen) atoms. The van der Waals surface area contributed by atoms with Crippen LogP contribution in [0.5, 0.6) is 5.88 Å². The number of nitrogens with one attached hydrogen (secondary N) is 1. The first-order valence-electron chi connectivity index (χ1n) is 4.41. The van der Waals surface area contributed by atoms with Crippen LogP contribution in [0.4, 0.5) is 5.82 Å². The second kappa shape index (κ2) is 4.59. The second-order valence-corrected chi connectivity index (χ2v) is 3.06. The fraction of sp³-hybridized carbons (Fsp3) is 0.444. The minimum atomic E-state index is -0.938. The number of ether oxygens (including phenoxy) is 1. The van der Waals surface area contributed by atoms with Crippen LogP contribution in [-0.2, 0) is 4.79 Å². The van der Waals surface area contributed by atoms with Gasteiger partial charge in [-0.05, 0) is 13.8 Å². The van der Waals surface area contributed by atoms with E-state index in [1.807, 2.05) is 0 Å². The summed E-state index contributed by atoms with van der Waals surface area (Å²) < 4.78 is 4.99. The average molecular weight is 211 g/mol. The summed E-state index contributed by atoms with van der Waals surface area (Å²) >= 11 is 0. The Labute approximate surface area is 87.3 Å². The van der Waals surface area contributed by atoms with Crippen molar-refractivity contribution in [2.75, 3.05) is 12.4 Å². The van der Waals surface area contributed by atoms with Gasteiger partial charge in [0.15, 0.2) is 0 Å². The highest BCUT2D eigenvalue weighted by molar-refractivity contribution is 5.76. The van der Waals surface area contributed by atoms with Crippen molar-refractivity contribution < 1.29 is 14.6 Å². The molecule has 2 N–H and O–H groups in total. The Morgan fingerprint density at radius 1 is 1.60 bits per heavy atom. The summed E-state index contributed by atoms with van der Waals surface area (Å²) in [4.78, 5) is 18.5. The number of carbonyl (C=O) groups is 1. The van der Waals surface area contributed by atoms with E-state index in [1.54, 1.807) is 6.92 Å². The lowest BCUT2D eigenvalue weighted by Crippen LogP contribution is -2.26. The lowest BCUT2D eigenvalue weighted by Gasteiger charge is -2.12. The summed E-state index contributed by atoms with van der Waals surface area (Å²) in [5.74, 6) is -0.0335. The lowest BCUT2D eigenvalue weighted by atomic mass is 10.3.